The lowest BCUT2D eigenvalue weighted by atomic mass is 10.2. The highest BCUT2D eigenvalue weighted by molar-refractivity contribution is 14.1. The van der Waals surface area contributed by atoms with Gasteiger partial charge in [0.25, 0.3) is 0 Å². The number of rotatable bonds is 5. The highest BCUT2D eigenvalue weighted by atomic mass is 127. The molecule has 2 aromatic carbocycles. The van der Waals surface area contributed by atoms with E-state index in [0.717, 1.165) is 25.4 Å². The van der Waals surface area contributed by atoms with Gasteiger partial charge < -0.3 is 5.32 Å². The summed E-state index contributed by atoms with van der Waals surface area (Å²) < 4.78 is 1.16. The van der Waals surface area contributed by atoms with Crippen molar-refractivity contribution in [1.29, 1.82) is 0 Å². The molecule has 0 spiro atoms. The number of carbonyl (C=O) groups is 1. The van der Waals surface area contributed by atoms with Crippen molar-refractivity contribution in [2.45, 2.75) is 13.5 Å². The number of nitrogens with zero attached hydrogens (tertiary/aromatic N) is 1. The fraction of sp³-hybridized carbons (Fsp3) is 0.235. The van der Waals surface area contributed by atoms with Crippen LogP contribution in [-0.2, 0) is 11.3 Å². The third kappa shape index (κ3) is 5.26. The van der Waals surface area contributed by atoms with Crippen LogP contribution < -0.4 is 5.32 Å². The molecule has 3 nitrogen and oxygen atoms in total. The third-order valence-corrected chi connectivity index (χ3v) is 4.16. The maximum atomic E-state index is 12.1. The SMILES string of the molecule is Cc1cc(I)ccc1NC(=O)CN(C)Cc1ccc(Cl)cc1. The first-order valence-corrected chi connectivity index (χ1v) is 8.38. The van der Waals surface area contributed by atoms with Crippen LogP contribution in [0.25, 0.3) is 0 Å². The van der Waals surface area contributed by atoms with Gasteiger partial charge in [0.1, 0.15) is 0 Å². The zero-order valence-electron chi connectivity index (χ0n) is 12.6. The molecule has 2 aromatic rings. The highest BCUT2D eigenvalue weighted by Gasteiger charge is 2.09. The second kappa shape index (κ2) is 7.94. The van der Waals surface area contributed by atoms with E-state index >= 15 is 0 Å². The Balaban J connectivity index is 1.89. The Hall–Kier alpha value is -1.11. The topological polar surface area (TPSA) is 32.3 Å². The lowest BCUT2D eigenvalue weighted by Crippen LogP contribution is -2.30. The zero-order valence-corrected chi connectivity index (χ0v) is 15.5. The molecule has 5 heteroatoms. The molecule has 0 aliphatic rings. The van der Waals surface area contributed by atoms with Gasteiger partial charge in [-0.3, -0.25) is 9.69 Å². The van der Waals surface area contributed by atoms with Crippen LogP contribution in [0.2, 0.25) is 5.02 Å². The van der Waals surface area contributed by atoms with Crippen LogP contribution in [-0.4, -0.2) is 24.4 Å². The van der Waals surface area contributed by atoms with Crippen LogP contribution in [0.3, 0.4) is 0 Å². The molecule has 0 radical (unpaired) electrons. The second-order valence-corrected chi connectivity index (χ2v) is 6.99. The first-order valence-electron chi connectivity index (χ1n) is 6.93. The molecule has 0 aliphatic carbocycles. The van der Waals surface area contributed by atoms with Crippen molar-refractivity contribution >= 4 is 45.8 Å². The van der Waals surface area contributed by atoms with Gasteiger partial charge in [-0.15, -0.1) is 0 Å². The molecule has 1 N–H and O–H groups in total. The highest BCUT2D eigenvalue weighted by Crippen LogP contribution is 2.17. The van der Waals surface area contributed by atoms with Crippen molar-refractivity contribution in [3.8, 4) is 0 Å². The summed E-state index contributed by atoms with van der Waals surface area (Å²) in [4.78, 5) is 14.1. The summed E-state index contributed by atoms with van der Waals surface area (Å²) in [7, 11) is 1.93. The lowest BCUT2D eigenvalue weighted by molar-refractivity contribution is -0.117. The number of aryl methyl sites for hydroxylation is 1. The first kappa shape index (κ1) is 17.2. The standard InChI is InChI=1S/C17H18ClIN2O/c1-12-9-15(19)7-8-16(12)20-17(22)11-21(2)10-13-3-5-14(18)6-4-13/h3-9H,10-11H2,1-2H3,(H,20,22). The Morgan fingerprint density at radius 2 is 1.91 bits per heavy atom. The molecule has 0 aliphatic heterocycles. The molecule has 0 heterocycles. The van der Waals surface area contributed by atoms with E-state index < -0.39 is 0 Å². The van der Waals surface area contributed by atoms with Gasteiger partial charge in [0.15, 0.2) is 0 Å². The summed E-state index contributed by atoms with van der Waals surface area (Å²) in [5.41, 5.74) is 3.07. The predicted molar refractivity (Wildman–Crippen MR) is 100 cm³/mol. The van der Waals surface area contributed by atoms with E-state index in [2.05, 4.69) is 27.9 Å². The molecule has 0 aromatic heterocycles. The molecular formula is C17H18ClIN2O. The van der Waals surface area contributed by atoms with Gasteiger partial charge in [-0.1, -0.05) is 23.7 Å². The van der Waals surface area contributed by atoms with E-state index in [-0.39, 0.29) is 5.91 Å². The third-order valence-electron chi connectivity index (χ3n) is 3.24. The zero-order chi connectivity index (χ0) is 16.1. The monoisotopic (exact) mass is 428 g/mol. The smallest absolute Gasteiger partial charge is 0.238 e. The van der Waals surface area contributed by atoms with E-state index in [1.165, 1.54) is 0 Å². The van der Waals surface area contributed by atoms with Crippen molar-refractivity contribution in [3.05, 3.63) is 62.2 Å². The predicted octanol–water partition coefficient (Wildman–Crippen LogP) is 4.32. The van der Waals surface area contributed by atoms with E-state index in [9.17, 15) is 4.79 Å². The van der Waals surface area contributed by atoms with Crippen LogP contribution >= 0.6 is 34.2 Å². The minimum atomic E-state index is -0.0132. The molecule has 0 bridgehead atoms. The lowest BCUT2D eigenvalue weighted by Gasteiger charge is -2.17. The van der Waals surface area contributed by atoms with Gasteiger partial charge >= 0.3 is 0 Å². The average Bonchev–Trinajstić information content (AvgIpc) is 2.44. The van der Waals surface area contributed by atoms with Gasteiger partial charge in [0.2, 0.25) is 5.91 Å². The fourth-order valence-electron chi connectivity index (χ4n) is 2.16. The number of benzene rings is 2. The van der Waals surface area contributed by atoms with Crippen LogP contribution in [0, 0.1) is 10.5 Å². The van der Waals surface area contributed by atoms with Crippen LogP contribution in [0.5, 0.6) is 0 Å². The number of likely N-dealkylation sites (N-methyl/N-ethyl adjacent to an activating group) is 1. The van der Waals surface area contributed by atoms with E-state index in [4.69, 9.17) is 11.6 Å². The Morgan fingerprint density at radius 3 is 2.55 bits per heavy atom. The number of hydrogen-bond acceptors (Lipinski definition) is 2. The van der Waals surface area contributed by atoms with Gasteiger partial charge in [-0.2, -0.15) is 0 Å². The molecular weight excluding hydrogens is 411 g/mol. The van der Waals surface area contributed by atoms with Crippen LogP contribution in [0.4, 0.5) is 5.69 Å². The molecule has 1 amide bonds. The second-order valence-electron chi connectivity index (χ2n) is 5.31. The van der Waals surface area contributed by atoms with Gasteiger partial charge in [0.05, 0.1) is 6.54 Å². The molecule has 0 saturated carbocycles. The molecule has 0 unspecified atom stereocenters. The summed E-state index contributed by atoms with van der Waals surface area (Å²) in [5, 5.41) is 3.68. The van der Waals surface area contributed by atoms with Crippen LogP contribution in [0.15, 0.2) is 42.5 Å². The first-order chi connectivity index (χ1) is 10.4. The Kier molecular flexibility index (Phi) is 6.23. The number of halogens is 2. The summed E-state index contributed by atoms with van der Waals surface area (Å²) in [5.74, 6) is -0.0132. The van der Waals surface area contributed by atoms with Gasteiger partial charge in [-0.25, -0.2) is 0 Å². The summed E-state index contributed by atoms with van der Waals surface area (Å²) in [6, 6.07) is 13.6. The van der Waals surface area contributed by atoms with Crippen LogP contribution in [0.1, 0.15) is 11.1 Å². The average molecular weight is 429 g/mol. The molecule has 2 rings (SSSR count). The molecule has 22 heavy (non-hydrogen) atoms. The van der Waals surface area contributed by atoms with Crippen molar-refractivity contribution in [1.82, 2.24) is 4.90 Å². The number of nitrogens with one attached hydrogen (secondary N) is 1. The van der Waals surface area contributed by atoms with Gasteiger partial charge in [-0.05, 0) is 78.0 Å². The normalized spacial score (nSPS) is 10.8. The molecule has 116 valence electrons. The van der Waals surface area contributed by atoms with Crippen molar-refractivity contribution in [3.63, 3.8) is 0 Å². The minimum Gasteiger partial charge on any atom is -0.325 e. The quantitative estimate of drug-likeness (QED) is 0.719. The van der Waals surface area contributed by atoms with Gasteiger partial charge in [0, 0.05) is 20.8 Å². The number of carbonyl (C=O) groups excluding carboxylic acids is 1. The summed E-state index contributed by atoms with van der Waals surface area (Å²) in [6.07, 6.45) is 0. The minimum absolute atomic E-state index is 0.0132. The Morgan fingerprint density at radius 1 is 1.23 bits per heavy atom. The van der Waals surface area contributed by atoms with E-state index in [0.29, 0.717) is 13.1 Å². The van der Waals surface area contributed by atoms with Crippen molar-refractivity contribution in [2.75, 3.05) is 18.9 Å². The van der Waals surface area contributed by atoms with Crippen molar-refractivity contribution < 1.29 is 4.79 Å². The summed E-state index contributed by atoms with van der Waals surface area (Å²) in [6.45, 7) is 3.04. The molecule has 0 fully saturated rings. The number of anilines is 1. The maximum Gasteiger partial charge on any atom is 0.238 e. The van der Waals surface area contributed by atoms with Crippen molar-refractivity contribution in [2.24, 2.45) is 0 Å². The van der Waals surface area contributed by atoms with E-state index in [1.54, 1.807) is 0 Å². The Labute approximate surface area is 149 Å². The largest absolute Gasteiger partial charge is 0.325 e. The maximum absolute atomic E-state index is 12.1. The fourth-order valence-corrected chi connectivity index (χ4v) is 2.93. The number of hydrogen-bond donors (Lipinski definition) is 1. The Bertz CT molecular complexity index is 658. The molecule has 0 saturated heterocycles. The van der Waals surface area contributed by atoms with E-state index in [1.807, 2.05) is 61.3 Å². The summed E-state index contributed by atoms with van der Waals surface area (Å²) >= 11 is 8.13. The number of amides is 1. The molecule has 0 atom stereocenters.